The maximum Gasteiger partial charge on any atom is 0.315 e. The summed E-state index contributed by atoms with van der Waals surface area (Å²) in [7, 11) is 0. The maximum absolute atomic E-state index is 12.2. The van der Waals surface area contributed by atoms with E-state index in [0.717, 1.165) is 56.3 Å². The van der Waals surface area contributed by atoms with Crippen molar-refractivity contribution >= 4 is 17.5 Å². The number of hydrogen-bond acceptors (Lipinski definition) is 5. The predicted octanol–water partition coefficient (Wildman–Crippen LogP) is 2.52. The Bertz CT molecular complexity index is 799. The summed E-state index contributed by atoms with van der Waals surface area (Å²) in [5.41, 5.74) is 3.40. The molecule has 1 aromatic heterocycles. The molecule has 7 nitrogen and oxygen atoms in total. The zero-order valence-electron chi connectivity index (χ0n) is 16.8. The number of anilines is 2. The van der Waals surface area contributed by atoms with Gasteiger partial charge < -0.3 is 25.2 Å². The van der Waals surface area contributed by atoms with E-state index < -0.39 is 0 Å². The largest absolute Gasteiger partial charge is 0.378 e. The number of amides is 2. The number of urea groups is 1. The quantitative estimate of drug-likeness (QED) is 0.787. The molecule has 2 amide bonds. The lowest BCUT2D eigenvalue weighted by Gasteiger charge is -2.28. The number of rotatable bonds is 6. The van der Waals surface area contributed by atoms with Gasteiger partial charge in [0.25, 0.3) is 0 Å². The molecule has 2 aromatic rings. The summed E-state index contributed by atoms with van der Waals surface area (Å²) in [6.07, 6.45) is 4.34. The SMILES string of the molecule is O=C(NCc1ccc(N2CCCC2)cc1)NCc1ccnc(N2CCOCC2)c1. The van der Waals surface area contributed by atoms with E-state index in [1.165, 1.54) is 18.5 Å². The van der Waals surface area contributed by atoms with Gasteiger partial charge in [0.1, 0.15) is 5.82 Å². The minimum atomic E-state index is -0.168. The molecule has 0 aliphatic carbocycles. The second-order valence-electron chi connectivity index (χ2n) is 7.52. The Morgan fingerprint density at radius 1 is 0.897 bits per heavy atom. The number of ether oxygens (including phenoxy) is 1. The molecule has 0 atom stereocenters. The van der Waals surface area contributed by atoms with Gasteiger partial charge in [0.2, 0.25) is 0 Å². The number of pyridine rings is 1. The third kappa shape index (κ3) is 5.38. The predicted molar refractivity (Wildman–Crippen MR) is 114 cm³/mol. The fraction of sp³-hybridized carbons (Fsp3) is 0.455. The highest BCUT2D eigenvalue weighted by Gasteiger charge is 2.13. The van der Waals surface area contributed by atoms with E-state index in [1.54, 1.807) is 6.20 Å². The molecule has 0 radical (unpaired) electrons. The van der Waals surface area contributed by atoms with Crippen LogP contribution in [-0.2, 0) is 17.8 Å². The van der Waals surface area contributed by atoms with E-state index in [2.05, 4.69) is 49.7 Å². The van der Waals surface area contributed by atoms with Crippen molar-refractivity contribution in [2.24, 2.45) is 0 Å². The van der Waals surface area contributed by atoms with Crippen LogP contribution < -0.4 is 20.4 Å². The van der Waals surface area contributed by atoms with E-state index in [0.29, 0.717) is 13.1 Å². The maximum atomic E-state index is 12.2. The molecule has 2 fully saturated rings. The third-order valence-electron chi connectivity index (χ3n) is 5.46. The van der Waals surface area contributed by atoms with Crippen LogP contribution in [0.4, 0.5) is 16.3 Å². The van der Waals surface area contributed by atoms with Gasteiger partial charge in [-0.1, -0.05) is 12.1 Å². The van der Waals surface area contributed by atoms with Gasteiger partial charge in [-0.05, 0) is 48.2 Å². The Morgan fingerprint density at radius 2 is 1.59 bits per heavy atom. The Labute approximate surface area is 172 Å². The summed E-state index contributed by atoms with van der Waals surface area (Å²) in [5.74, 6) is 0.936. The average molecular weight is 396 g/mol. The van der Waals surface area contributed by atoms with Gasteiger partial charge in [-0.15, -0.1) is 0 Å². The highest BCUT2D eigenvalue weighted by Crippen LogP contribution is 2.20. The fourth-order valence-corrected chi connectivity index (χ4v) is 3.76. The van der Waals surface area contributed by atoms with Gasteiger partial charge in [-0.3, -0.25) is 0 Å². The van der Waals surface area contributed by atoms with Crippen molar-refractivity contribution in [2.75, 3.05) is 49.2 Å². The summed E-state index contributed by atoms with van der Waals surface area (Å²) in [5, 5.41) is 5.86. The van der Waals surface area contributed by atoms with Crippen molar-refractivity contribution < 1.29 is 9.53 Å². The van der Waals surface area contributed by atoms with Crippen LogP contribution in [0.1, 0.15) is 24.0 Å². The number of morpholine rings is 1. The minimum Gasteiger partial charge on any atom is -0.378 e. The van der Waals surface area contributed by atoms with Crippen molar-refractivity contribution in [1.82, 2.24) is 15.6 Å². The Morgan fingerprint density at radius 3 is 2.31 bits per heavy atom. The zero-order valence-corrected chi connectivity index (χ0v) is 16.8. The zero-order chi connectivity index (χ0) is 19.9. The Kier molecular flexibility index (Phi) is 6.46. The first kappa shape index (κ1) is 19.5. The average Bonchev–Trinajstić information content (AvgIpc) is 3.32. The van der Waals surface area contributed by atoms with Gasteiger partial charge in [-0.25, -0.2) is 9.78 Å². The molecule has 4 rings (SSSR count). The minimum absolute atomic E-state index is 0.168. The Hall–Kier alpha value is -2.80. The molecule has 154 valence electrons. The summed E-state index contributed by atoms with van der Waals surface area (Å²) in [6, 6.07) is 12.3. The fourth-order valence-electron chi connectivity index (χ4n) is 3.76. The standard InChI is InChI=1S/C22H29N5O2/c28-22(24-16-18-3-5-20(6-4-18)26-9-1-2-10-26)25-17-19-7-8-23-21(15-19)27-11-13-29-14-12-27/h3-8,15H,1-2,9-14,16-17H2,(H2,24,25,28). The van der Waals surface area contributed by atoms with Crippen LogP contribution in [0.2, 0.25) is 0 Å². The molecule has 0 spiro atoms. The van der Waals surface area contributed by atoms with Crippen LogP contribution in [0, 0.1) is 0 Å². The lowest BCUT2D eigenvalue weighted by Crippen LogP contribution is -2.37. The van der Waals surface area contributed by atoms with Crippen molar-refractivity contribution in [3.05, 3.63) is 53.7 Å². The molecule has 3 heterocycles. The van der Waals surface area contributed by atoms with Crippen molar-refractivity contribution in [1.29, 1.82) is 0 Å². The van der Waals surface area contributed by atoms with Crippen LogP contribution in [0.5, 0.6) is 0 Å². The molecular formula is C22H29N5O2. The molecule has 0 saturated carbocycles. The lowest BCUT2D eigenvalue weighted by atomic mass is 10.2. The first-order chi connectivity index (χ1) is 14.3. The summed E-state index contributed by atoms with van der Waals surface area (Å²) in [6.45, 7) is 6.42. The van der Waals surface area contributed by atoms with E-state index in [9.17, 15) is 4.79 Å². The van der Waals surface area contributed by atoms with Crippen LogP contribution in [-0.4, -0.2) is 50.4 Å². The topological polar surface area (TPSA) is 69.7 Å². The molecule has 2 aliphatic heterocycles. The number of benzene rings is 1. The van der Waals surface area contributed by atoms with Crippen molar-refractivity contribution in [3.63, 3.8) is 0 Å². The first-order valence-corrected chi connectivity index (χ1v) is 10.4. The highest BCUT2D eigenvalue weighted by atomic mass is 16.5. The normalized spacial score (nSPS) is 16.7. The molecular weight excluding hydrogens is 366 g/mol. The van der Waals surface area contributed by atoms with Crippen LogP contribution in [0.3, 0.4) is 0 Å². The lowest BCUT2D eigenvalue weighted by molar-refractivity contribution is 0.122. The number of carbonyl (C=O) groups is 1. The van der Waals surface area contributed by atoms with Gasteiger partial charge >= 0.3 is 6.03 Å². The van der Waals surface area contributed by atoms with E-state index in [-0.39, 0.29) is 6.03 Å². The summed E-state index contributed by atoms with van der Waals surface area (Å²) < 4.78 is 5.39. The smallest absolute Gasteiger partial charge is 0.315 e. The molecule has 1 aromatic carbocycles. The molecule has 0 bridgehead atoms. The number of aromatic nitrogens is 1. The van der Waals surface area contributed by atoms with Crippen LogP contribution >= 0.6 is 0 Å². The number of nitrogens with one attached hydrogen (secondary N) is 2. The van der Waals surface area contributed by atoms with E-state index in [1.807, 2.05) is 12.1 Å². The van der Waals surface area contributed by atoms with Crippen molar-refractivity contribution in [3.8, 4) is 0 Å². The van der Waals surface area contributed by atoms with E-state index >= 15 is 0 Å². The first-order valence-electron chi connectivity index (χ1n) is 10.4. The second-order valence-corrected chi connectivity index (χ2v) is 7.52. The third-order valence-corrected chi connectivity index (χ3v) is 5.46. The summed E-state index contributed by atoms with van der Waals surface area (Å²) >= 11 is 0. The van der Waals surface area contributed by atoms with E-state index in [4.69, 9.17) is 4.74 Å². The van der Waals surface area contributed by atoms with Gasteiger partial charge in [0.05, 0.1) is 13.2 Å². The number of hydrogen-bond donors (Lipinski definition) is 2. The molecule has 2 aliphatic rings. The number of nitrogens with zero attached hydrogens (tertiary/aromatic N) is 3. The summed E-state index contributed by atoms with van der Waals surface area (Å²) in [4.78, 5) is 21.2. The van der Waals surface area contributed by atoms with Gasteiger partial charge in [0, 0.05) is 51.2 Å². The molecule has 2 N–H and O–H groups in total. The molecule has 2 saturated heterocycles. The van der Waals surface area contributed by atoms with Crippen molar-refractivity contribution in [2.45, 2.75) is 25.9 Å². The van der Waals surface area contributed by atoms with Crippen LogP contribution in [0.15, 0.2) is 42.6 Å². The Balaban J connectivity index is 1.23. The van der Waals surface area contributed by atoms with Gasteiger partial charge in [-0.2, -0.15) is 0 Å². The van der Waals surface area contributed by atoms with Gasteiger partial charge in [0.15, 0.2) is 0 Å². The molecule has 7 heteroatoms. The van der Waals surface area contributed by atoms with Crippen LogP contribution in [0.25, 0.3) is 0 Å². The second kappa shape index (κ2) is 9.60. The monoisotopic (exact) mass is 395 g/mol. The molecule has 29 heavy (non-hydrogen) atoms. The molecule has 0 unspecified atom stereocenters. The number of carbonyl (C=O) groups excluding carboxylic acids is 1. The highest BCUT2D eigenvalue weighted by molar-refractivity contribution is 5.73.